The number of carbonyl (C=O) groups excluding carboxylic acids is 2. The van der Waals surface area contributed by atoms with Crippen molar-refractivity contribution in [3.8, 4) is 0 Å². The summed E-state index contributed by atoms with van der Waals surface area (Å²) in [5.41, 5.74) is 7.20. The van der Waals surface area contributed by atoms with Gasteiger partial charge in [-0.3, -0.25) is 14.4 Å². The van der Waals surface area contributed by atoms with Crippen LogP contribution >= 0.6 is 0 Å². The maximum atomic E-state index is 12.0. The topological polar surface area (TPSA) is 103 Å². The van der Waals surface area contributed by atoms with Crippen molar-refractivity contribution in [1.82, 2.24) is 10.8 Å². The van der Waals surface area contributed by atoms with E-state index < -0.39 is 11.5 Å². The molecule has 2 amide bonds. The Morgan fingerprint density at radius 2 is 2.38 bits per heavy atom. The van der Waals surface area contributed by atoms with Crippen molar-refractivity contribution in [1.29, 1.82) is 0 Å². The van der Waals surface area contributed by atoms with Crippen LogP contribution in [0.15, 0.2) is 0 Å². The van der Waals surface area contributed by atoms with Crippen molar-refractivity contribution >= 4 is 11.8 Å². The van der Waals surface area contributed by atoms with Crippen LogP contribution in [0, 0.1) is 5.41 Å². The van der Waals surface area contributed by atoms with Gasteiger partial charge in [-0.05, 0) is 6.92 Å². The van der Waals surface area contributed by atoms with E-state index in [0.29, 0.717) is 6.61 Å². The second-order valence-electron chi connectivity index (χ2n) is 4.34. The molecule has 4 N–H and O–H groups in total. The Labute approximate surface area is 92.6 Å². The van der Waals surface area contributed by atoms with Gasteiger partial charge in [0, 0.05) is 6.04 Å². The van der Waals surface area contributed by atoms with Gasteiger partial charge in [-0.15, -0.1) is 0 Å². The highest BCUT2D eigenvalue weighted by atomic mass is 16.7. The van der Waals surface area contributed by atoms with E-state index in [1.165, 1.54) is 0 Å². The average molecular weight is 229 g/mol. The number of nitrogens with two attached hydrogens (primary N) is 1. The molecule has 3 atom stereocenters. The van der Waals surface area contributed by atoms with E-state index in [2.05, 4.69) is 10.8 Å². The highest BCUT2D eigenvalue weighted by molar-refractivity contribution is 5.91. The normalized spacial score (nSPS) is 38.5. The van der Waals surface area contributed by atoms with Crippen molar-refractivity contribution in [2.75, 3.05) is 19.8 Å². The van der Waals surface area contributed by atoms with Crippen LogP contribution in [0.25, 0.3) is 0 Å². The molecule has 0 radical (unpaired) electrons. The lowest BCUT2D eigenvalue weighted by Crippen LogP contribution is -2.54. The van der Waals surface area contributed by atoms with Crippen LogP contribution in [-0.2, 0) is 19.2 Å². The fourth-order valence-corrected chi connectivity index (χ4v) is 1.70. The first-order chi connectivity index (χ1) is 7.54. The van der Waals surface area contributed by atoms with Crippen molar-refractivity contribution in [2.24, 2.45) is 11.1 Å². The molecule has 2 fully saturated rings. The number of hydrogen-bond donors (Lipinski definition) is 3. The van der Waals surface area contributed by atoms with Crippen LogP contribution < -0.4 is 16.5 Å². The molecule has 16 heavy (non-hydrogen) atoms. The largest absolute Gasteiger partial charge is 0.379 e. The highest BCUT2D eigenvalue weighted by Crippen LogP contribution is 2.27. The minimum atomic E-state index is -0.775. The van der Waals surface area contributed by atoms with Crippen molar-refractivity contribution in [3.05, 3.63) is 0 Å². The van der Waals surface area contributed by atoms with E-state index >= 15 is 0 Å². The summed E-state index contributed by atoms with van der Waals surface area (Å²) in [6.07, 6.45) is 0. The number of nitrogens with one attached hydrogen (secondary N) is 2. The zero-order valence-electron chi connectivity index (χ0n) is 8.99. The molecule has 7 nitrogen and oxygen atoms in total. The van der Waals surface area contributed by atoms with Gasteiger partial charge in [0.05, 0.1) is 18.6 Å². The van der Waals surface area contributed by atoms with Crippen LogP contribution in [0.1, 0.15) is 6.92 Å². The predicted molar refractivity (Wildman–Crippen MR) is 52.9 cm³/mol. The third-order valence-corrected chi connectivity index (χ3v) is 3.08. The number of hydroxylamine groups is 1. The van der Waals surface area contributed by atoms with E-state index in [9.17, 15) is 9.59 Å². The summed E-state index contributed by atoms with van der Waals surface area (Å²) in [7, 11) is 0. The fourth-order valence-electron chi connectivity index (χ4n) is 1.70. The number of amides is 2. The summed E-state index contributed by atoms with van der Waals surface area (Å²) >= 11 is 0. The maximum absolute atomic E-state index is 12.0. The number of carbonyl (C=O) groups is 2. The average Bonchev–Trinajstić information content (AvgIpc) is 2.77. The van der Waals surface area contributed by atoms with E-state index in [-0.39, 0.29) is 31.1 Å². The molecule has 0 bridgehead atoms. The van der Waals surface area contributed by atoms with E-state index in [1.54, 1.807) is 6.92 Å². The molecule has 2 heterocycles. The Morgan fingerprint density at radius 3 is 2.88 bits per heavy atom. The number of rotatable bonds is 2. The minimum Gasteiger partial charge on any atom is -0.379 e. The quantitative estimate of drug-likeness (QED) is 0.503. The van der Waals surface area contributed by atoms with Gasteiger partial charge in [0.2, 0.25) is 5.91 Å². The lowest BCUT2D eigenvalue weighted by molar-refractivity contribution is -0.134. The molecule has 0 aromatic rings. The van der Waals surface area contributed by atoms with Crippen LogP contribution in [0.3, 0.4) is 0 Å². The molecule has 7 heteroatoms. The molecule has 0 aromatic heterocycles. The zero-order valence-corrected chi connectivity index (χ0v) is 8.99. The molecule has 0 spiro atoms. The van der Waals surface area contributed by atoms with Gasteiger partial charge >= 0.3 is 0 Å². The summed E-state index contributed by atoms with van der Waals surface area (Å²) in [4.78, 5) is 27.9. The van der Waals surface area contributed by atoms with Crippen molar-refractivity contribution in [2.45, 2.75) is 19.0 Å². The SMILES string of the molecule is CC1(C(=O)N[C@@H]2CONC2=O)COCC1N. The molecule has 90 valence electrons. The van der Waals surface area contributed by atoms with Gasteiger partial charge in [-0.25, -0.2) is 5.48 Å². The summed E-state index contributed by atoms with van der Waals surface area (Å²) < 4.78 is 5.17. The van der Waals surface area contributed by atoms with Crippen LogP contribution in [0.5, 0.6) is 0 Å². The molecule has 0 aliphatic carbocycles. The van der Waals surface area contributed by atoms with Crippen LogP contribution in [0.4, 0.5) is 0 Å². The fraction of sp³-hybridized carbons (Fsp3) is 0.778. The summed E-state index contributed by atoms with van der Waals surface area (Å²) in [5, 5.41) is 2.61. The monoisotopic (exact) mass is 229 g/mol. The Bertz CT molecular complexity index is 322. The van der Waals surface area contributed by atoms with Gasteiger partial charge in [0.25, 0.3) is 5.91 Å². The predicted octanol–water partition coefficient (Wildman–Crippen LogP) is -2.10. The number of hydrogen-bond acceptors (Lipinski definition) is 5. The first-order valence-electron chi connectivity index (χ1n) is 5.10. The Kier molecular flexibility index (Phi) is 2.83. The smallest absolute Gasteiger partial charge is 0.268 e. The van der Waals surface area contributed by atoms with Crippen molar-refractivity contribution < 1.29 is 19.2 Å². The first-order valence-corrected chi connectivity index (χ1v) is 5.10. The molecule has 2 saturated heterocycles. The minimum absolute atomic E-state index is 0.136. The van der Waals surface area contributed by atoms with Gasteiger partial charge < -0.3 is 15.8 Å². The third-order valence-electron chi connectivity index (χ3n) is 3.08. The maximum Gasteiger partial charge on any atom is 0.268 e. The molecular weight excluding hydrogens is 214 g/mol. The molecule has 0 saturated carbocycles. The third kappa shape index (κ3) is 1.77. The molecule has 2 unspecified atom stereocenters. The van der Waals surface area contributed by atoms with Crippen molar-refractivity contribution in [3.63, 3.8) is 0 Å². The Morgan fingerprint density at radius 1 is 1.62 bits per heavy atom. The summed E-state index contributed by atoms with van der Waals surface area (Å²) in [5.74, 6) is -0.618. The van der Waals surface area contributed by atoms with Gasteiger partial charge in [-0.2, -0.15) is 0 Å². The van der Waals surface area contributed by atoms with Gasteiger partial charge in [0.15, 0.2) is 0 Å². The van der Waals surface area contributed by atoms with E-state index in [1.807, 2.05) is 0 Å². The van der Waals surface area contributed by atoms with Gasteiger partial charge in [0.1, 0.15) is 12.6 Å². The van der Waals surface area contributed by atoms with E-state index in [4.69, 9.17) is 15.3 Å². The molecule has 2 rings (SSSR count). The second kappa shape index (κ2) is 4.00. The first kappa shape index (κ1) is 11.3. The molecule has 2 aliphatic heterocycles. The molecular formula is C9H15N3O4. The van der Waals surface area contributed by atoms with E-state index in [0.717, 1.165) is 0 Å². The van der Waals surface area contributed by atoms with Gasteiger partial charge in [-0.1, -0.05) is 0 Å². The lowest BCUT2D eigenvalue weighted by atomic mass is 9.84. The summed E-state index contributed by atoms with van der Waals surface area (Å²) in [6.45, 7) is 2.50. The highest BCUT2D eigenvalue weighted by Gasteiger charge is 2.45. The summed E-state index contributed by atoms with van der Waals surface area (Å²) in [6, 6.07) is -0.991. The molecule has 2 aliphatic rings. The lowest BCUT2D eigenvalue weighted by Gasteiger charge is -2.26. The van der Waals surface area contributed by atoms with Crippen LogP contribution in [0.2, 0.25) is 0 Å². The Hall–Kier alpha value is -1.18. The standard InChI is InChI=1S/C9H15N3O4/c1-9(4-15-3-6(9)10)8(14)11-5-2-16-12-7(5)13/h5-6H,2-4,10H2,1H3,(H,11,14)(H,12,13)/t5-,6?,9?/m1/s1. The molecule has 0 aromatic carbocycles. The Balaban J connectivity index is 1.99. The van der Waals surface area contributed by atoms with Crippen LogP contribution in [-0.4, -0.2) is 43.7 Å². The second-order valence-corrected chi connectivity index (χ2v) is 4.34. The number of ether oxygens (including phenoxy) is 1. The zero-order chi connectivity index (χ0) is 11.8.